The monoisotopic (exact) mass is 388 g/mol. The Balaban J connectivity index is 1.42. The number of carbonyl (C=O) groups excluding carboxylic acids is 1. The molecule has 1 fully saturated rings. The van der Waals surface area contributed by atoms with E-state index in [1.165, 1.54) is 22.3 Å². The largest absolute Gasteiger partial charge is 0.299 e. The first-order chi connectivity index (χ1) is 13.7. The number of likely N-dealkylation sites (tertiary alicyclic amines) is 1. The lowest BCUT2D eigenvalue weighted by Crippen LogP contribution is -2.32. The highest BCUT2D eigenvalue weighted by molar-refractivity contribution is 6.30. The van der Waals surface area contributed by atoms with Crippen LogP contribution in [0.4, 0.5) is 0 Å². The molecule has 0 atom stereocenters. The minimum Gasteiger partial charge on any atom is -0.299 e. The SMILES string of the molecule is O=[C]c1ccc(C2CCN(Cc3ccccc3-c3ccc(Cl)cc3)CC2)cc1. The summed E-state index contributed by atoms with van der Waals surface area (Å²) < 4.78 is 0. The molecule has 3 heteroatoms. The number of benzene rings is 3. The number of piperidine rings is 1. The van der Waals surface area contributed by atoms with Crippen molar-refractivity contribution in [3.63, 3.8) is 0 Å². The Hall–Kier alpha value is -2.42. The molecule has 28 heavy (non-hydrogen) atoms. The van der Waals surface area contributed by atoms with Gasteiger partial charge >= 0.3 is 0 Å². The van der Waals surface area contributed by atoms with E-state index in [1.54, 1.807) is 0 Å². The van der Waals surface area contributed by atoms with E-state index in [1.807, 2.05) is 30.6 Å². The molecule has 0 unspecified atom stereocenters. The average Bonchev–Trinajstić information content (AvgIpc) is 2.75. The first kappa shape index (κ1) is 18.9. The zero-order valence-corrected chi connectivity index (χ0v) is 16.5. The van der Waals surface area contributed by atoms with E-state index in [0.29, 0.717) is 11.5 Å². The number of hydrogen-bond donors (Lipinski definition) is 0. The fourth-order valence-corrected chi connectivity index (χ4v) is 4.18. The van der Waals surface area contributed by atoms with Gasteiger partial charge in [-0.2, -0.15) is 0 Å². The molecule has 0 aliphatic carbocycles. The maximum absolute atomic E-state index is 10.7. The maximum atomic E-state index is 10.7. The molecular formula is C25H23ClNO. The molecule has 1 heterocycles. The molecule has 0 bridgehead atoms. The lowest BCUT2D eigenvalue weighted by Gasteiger charge is -2.32. The lowest BCUT2D eigenvalue weighted by atomic mass is 9.88. The summed E-state index contributed by atoms with van der Waals surface area (Å²) in [5.41, 5.74) is 5.80. The summed E-state index contributed by atoms with van der Waals surface area (Å²) in [5, 5.41) is 0.766. The Kier molecular flexibility index (Phi) is 5.90. The van der Waals surface area contributed by atoms with Gasteiger partial charge < -0.3 is 0 Å². The van der Waals surface area contributed by atoms with Gasteiger partial charge in [-0.25, -0.2) is 0 Å². The van der Waals surface area contributed by atoms with Crippen LogP contribution in [-0.4, -0.2) is 24.3 Å². The maximum Gasteiger partial charge on any atom is 0.233 e. The smallest absolute Gasteiger partial charge is 0.233 e. The predicted octanol–water partition coefficient (Wildman–Crippen LogP) is 5.84. The molecule has 2 nitrogen and oxygen atoms in total. The summed E-state index contributed by atoms with van der Waals surface area (Å²) in [6, 6.07) is 24.6. The molecule has 3 aromatic rings. The van der Waals surface area contributed by atoms with Crippen LogP contribution < -0.4 is 0 Å². The van der Waals surface area contributed by atoms with Gasteiger partial charge in [-0.1, -0.05) is 72.3 Å². The molecule has 1 aliphatic rings. The second-order valence-electron chi connectivity index (χ2n) is 7.44. The zero-order valence-electron chi connectivity index (χ0n) is 15.8. The van der Waals surface area contributed by atoms with E-state index in [-0.39, 0.29) is 0 Å². The number of rotatable bonds is 5. The predicted molar refractivity (Wildman–Crippen MR) is 115 cm³/mol. The normalized spacial score (nSPS) is 15.5. The van der Waals surface area contributed by atoms with Crippen molar-refractivity contribution in [2.24, 2.45) is 0 Å². The van der Waals surface area contributed by atoms with Crippen molar-refractivity contribution in [1.82, 2.24) is 4.90 Å². The van der Waals surface area contributed by atoms with Gasteiger partial charge in [-0.3, -0.25) is 9.69 Å². The van der Waals surface area contributed by atoms with E-state index < -0.39 is 0 Å². The minimum atomic E-state index is 0.573. The second kappa shape index (κ2) is 8.72. The molecule has 1 radical (unpaired) electrons. The quantitative estimate of drug-likeness (QED) is 0.546. The van der Waals surface area contributed by atoms with Crippen LogP contribution in [0.3, 0.4) is 0 Å². The fourth-order valence-electron chi connectivity index (χ4n) is 4.06. The molecule has 0 N–H and O–H groups in total. The Morgan fingerprint density at radius 3 is 2.25 bits per heavy atom. The van der Waals surface area contributed by atoms with Crippen molar-refractivity contribution >= 4 is 17.9 Å². The first-order valence-corrected chi connectivity index (χ1v) is 10.1. The van der Waals surface area contributed by atoms with Crippen molar-refractivity contribution in [2.45, 2.75) is 25.3 Å². The third-order valence-corrected chi connectivity index (χ3v) is 5.91. The highest BCUT2D eigenvalue weighted by Crippen LogP contribution is 2.31. The van der Waals surface area contributed by atoms with E-state index in [2.05, 4.69) is 53.4 Å². The van der Waals surface area contributed by atoms with E-state index >= 15 is 0 Å². The molecule has 0 aromatic heterocycles. The molecule has 3 aromatic carbocycles. The van der Waals surface area contributed by atoms with Crippen molar-refractivity contribution in [2.75, 3.05) is 13.1 Å². The molecular weight excluding hydrogens is 366 g/mol. The van der Waals surface area contributed by atoms with Crippen LogP contribution in [0.15, 0.2) is 72.8 Å². The average molecular weight is 389 g/mol. The summed E-state index contributed by atoms with van der Waals surface area (Å²) in [6.45, 7) is 3.13. The topological polar surface area (TPSA) is 20.3 Å². The molecule has 0 amide bonds. The molecule has 141 valence electrons. The summed E-state index contributed by atoms with van der Waals surface area (Å²) in [4.78, 5) is 13.3. The standard InChI is InChI=1S/C25H23ClNO/c26-24-11-9-22(10-12-24)25-4-2-1-3-23(25)17-27-15-13-21(14-16-27)20-7-5-19(18-28)6-8-20/h1-12,21H,13-17H2. The third kappa shape index (κ3) is 4.35. The van der Waals surface area contributed by atoms with Crippen LogP contribution in [0.25, 0.3) is 11.1 Å². The Morgan fingerprint density at radius 2 is 1.57 bits per heavy atom. The van der Waals surface area contributed by atoms with Gasteiger partial charge in [0, 0.05) is 17.1 Å². The molecule has 1 saturated heterocycles. The van der Waals surface area contributed by atoms with Crippen molar-refractivity contribution < 1.29 is 4.79 Å². The van der Waals surface area contributed by atoms with Crippen molar-refractivity contribution in [1.29, 1.82) is 0 Å². The van der Waals surface area contributed by atoms with Gasteiger partial charge in [0.1, 0.15) is 0 Å². The van der Waals surface area contributed by atoms with Gasteiger partial charge in [-0.15, -0.1) is 0 Å². The summed E-state index contributed by atoms with van der Waals surface area (Å²) in [7, 11) is 0. The third-order valence-electron chi connectivity index (χ3n) is 5.65. The molecule has 1 aliphatic heterocycles. The summed E-state index contributed by atoms with van der Waals surface area (Å²) in [6.07, 6.45) is 4.24. The van der Waals surface area contributed by atoms with Crippen LogP contribution in [0.1, 0.15) is 35.4 Å². The molecule has 4 rings (SSSR count). The van der Waals surface area contributed by atoms with Crippen molar-refractivity contribution in [3.05, 3.63) is 94.5 Å². The van der Waals surface area contributed by atoms with E-state index in [9.17, 15) is 4.79 Å². The van der Waals surface area contributed by atoms with Crippen LogP contribution >= 0.6 is 11.6 Å². The number of halogens is 1. The molecule has 0 spiro atoms. The number of hydrogen-bond acceptors (Lipinski definition) is 2. The Bertz CT molecular complexity index is 926. The summed E-state index contributed by atoms with van der Waals surface area (Å²) in [5.74, 6) is 0.573. The lowest BCUT2D eigenvalue weighted by molar-refractivity contribution is 0.205. The van der Waals surface area contributed by atoms with Gasteiger partial charge in [-0.05, 0) is 66.2 Å². The van der Waals surface area contributed by atoms with Crippen LogP contribution in [0.5, 0.6) is 0 Å². The van der Waals surface area contributed by atoms with Gasteiger partial charge in [0.2, 0.25) is 6.29 Å². The second-order valence-corrected chi connectivity index (χ2v) is 7.87. The fraction of sp³-hybridized carbons (Fsp3) is 0.240. The van der Waals surface area contributed by atoms with Crippen LogP contribution in [0, 0.1) is 0 Å². The highest BCUT2D eigenvalue weighted by Gasteiger charge is 2.21. The van der Waals surface area contributed by atoms with Crippen LogP contribution in [-0.2, 0) is 11.3 Å². The van der Waals surface area contributed by atoms with E-state index in [0.717, 1.165) is 37.5 Å². The summed E-state index contributed by atoms with van der Waals surface area (Å²) >= 11 is 6.05. The molecule has 0 saturated carbocycles. The number of nitrogens with zero attached hydrogens (tertiary/aromatic N) is 1. The van der Waals surface area contributed by atoms with Gasteiger partial charge in [0.15, 0.2) is 0 Å². The van der Waals surface area contributed by atoms with Gasteiger partial charge in [0.25, 0.3) is 0 Å². The van der Waals surface area contributed by atoms with E-state index in [4.69, 9.17) is 11.6 Å². The zero-order chi connectivity index (χ0) is 19.3. The first-order valence-electron chi connectivity index (χ1n) is 9.77. The Morgan fingerprint density at radius 1 is 0.893 bits per heavy atom. The highest BCUT2D eigenvalue weighted by atomic mass is 35.5. The van der Waals surface area contributed by atoms with Crippen molar-refractivity contribution in [3.8, 4) is 11.1 Å². The van der Waals surface area contributed by atoms with Gasteiger partial charge in [0.05, 0.1) is 0 Å². The Labute approximate surface area is 171 Å². The minimum absolute atomic E-state index is 0.573. The van der Waals surface area contributed by atoms with Crippen LogP contribution in [0.2, 0.25) is 5.02 Å².